The van der Waals surface area contributed by atoms with E-state index in [-0.39, 0.29) is 37.4 Å². The highest BCUT2D eigenvalue weighted by Crippen LogP contribution is 2.18. The highest BCUT2D eigenvalue weighted by molar-refractivity contribution is 5.95. The number of nitrogens with zero attached hydrogens (tertiary/aromatic N) is 1. The van der Waals surface area contributed by atoms with Crippen molar-refractivity contribution in [1.29, 1.82) is 0 Å². The van der Waals surface area contributed by atoms with E-state index in [1.54, 1.807) is 37.1 Å². The van der Waals surface area contributed by atoms with Crippen LogP contribution in [0.1, 0.15) is 52.6 Å². The maximum absolute atomic E-state index is 13.1. The number of rotatable bonds is 8. The van der Waals surface area contributed by atoms with Crippen LogP contribution in [0.4, 0.5) is 0 Å². The van der Waals surface area contributed by atoms with Crippen LogP contribution in [-0.4, -0.2) is 23.3 Å². The van der Waals surface area contributed by atoms with Crippen molar-refractivity contribution in [2.24, 2.45) is 0 Å². The standard InChI is InChI=1S/C23H26N2O4/c1-16-14-21(18(3)29-16)23(27)25(15-20-10-7-13-28-20)12-11-22(26)24-17(2)19-8-5-4-6-9-19/h4-10,13-14,17H,11-12,15H2,1-3H3,(H,24,26)/t17-/m0/s1. The van der Waals surface area contributed by atoms with E-state index < -0.39 is 0 Å². The Morgan fingerprint density at radius 1 is 1.10 bits per heavy atom. The van der Waals surface area contributed by atoms with Gasteiger partial charge in [-0.1, -0.05) is 30.3 Å². The van der Waals surface area contributed by atoms with Gasteiger partial charge < -0.3 is 19.1 Å². The Morgan fingerprint density at radius 2 is 1.86 bits per heavy atom. The zero-order valence-corrected chi connectivity index (χ0v) is 17.0. The normalized spacial score (nSPS) is 11.8. The predicted octanol–water partition coefficient (Wildman–Crippen LogP) is 4.40. The first kappa shape index (κ1) is 20.5. The number of benzene rings is 1. The van der Waals surface area contributed by atoms with Crippen LogP contribution in [0.2, 0.25) is 0 Å². The van der Waals surface area contributed by atoms with Crippen molar-refractivity contribution < 1.29 is 18.4 Å². The second kappa shape index (κ2) is 9.28. The molecule has 3 rings (SSSR count). The van der Waals surface area contributed by atoms with Gasteiger partial charge in [0.1, 0.15) is 17.3 Å². The molecule has 0 aliphatic heterocycles. The summed E-state index contributed by atoms with van der Waals surface area (Å²) in [5.41, 5.74) is 1.54. The first-order chi connectivity index (χ1) is 13.9. The van der Waals surface area contributed by atoms with E-state index in [0.29, 0.717) is 22.8 Å². The molecule has 2 amide bonds. The fourth-order valence-electron chi connectivity index (χ4n) is 3.23. The molecule has 0 aliphatic carbocycles. The minimum Gasteiger partial charge on any atom is -0.467 e. The molecule has 29 heavy (non-hydrogen) atoms. The third kappa shape index (κ3) is 5.38. The molecular formula is C23H26N2O4. The summed E-state index contributed by atoms with van der Waals surface area (Å²) in [6, 6.07) is 15.0. The fourth-order valence-corrected chi connectivity index (χ4v) is 3.23. The maximum atomic E-state index is 13.1. The Hall–Kier alpha value is -3.28. The number of hydrogen-bond acceptors (Lipinski definition) is 4. The lowest BCUT2D eigenvalue weighted by Crippen LogP contribution is -2.35. The SMILES string of the molecule is Cc1cc(C(=O)N(CCC(=O)N[C@@H](C)c2ccccc2)Cc2ccco2)c(C)o1. The summed E-state index contributed by atoms with van der Waals surface area (Å²) in [5, 5.41) is 2.99. The summed E-state index contributed by atoms with van der Waals surface area (Å²) >= 11 is 0. The van der Waals surface area contributed by atoms with Gasteiger partial charge in [0, 0.05) is 13.0 Å². The minimum absolute atomic E-state index is 0.100. The smallest absolute Gasteiger partial charge is 0.257 e. The molecule has 0 unspecified atom stereocenters. The van der Waals surface area contributed by atoms with Crippen LogP contribution in [-0.2, 0) is 11.3 Å². The molecule has 0 aliphatic rings. The van der Waals surface area contributed by atoms with Crippen LogP contribution < -0.4 is 5.32 Å². The monoisotopic (exact) mass is 394 g/mol. The van der Waals surface area contributed by atoms with Gasteiger partial charge in [-0.15, -0.1) is 0 Å². The van der Waals surface area contributed by atoms with Crippen LogP contribution >= 0.6 is 0 Å². The number of amides is 2. The van der Waals surface area contributed by atoms with Gasteiger partial charge in [0.25, 0.3) is 5.91 Å². The van der Waals surface area contributed by atoms with Gasteiger partial charge in [-0.3, -0.25) is 9.59 Å². The van der Waals surface area contributed by atoms with Crippen molar-refractivity contribution >= 4 is 11.8 Å². The molecule has 6 nitrogen and oxygen atoms in total. The minimum atomic E-state index is -0.181. The average molecular weight is 394 g/mol. The van der Waals surface area contributed by atoms with Crippen LogP contribution in [0, 0.1) is 13.8 Å². The first-order valence-electron chi connectivity index (χ1n) is 9.67. The lowest BCUT2D eigenvalue weighted by Gasteiger charge is -2.22. The van der Waals surface area contributed by atoms with Crippen molar-refractivity contribution in [2.75, 3.05) is 6.54 Å². The Labute approximate surface area is 170 Å². The molecule has 2 aromatic heterocycles. The Bertz CT molecular complexity index is 945. The second-order valence-electron chi connectivity index (χ2n) is 7.08. The third-order valence-electron chi connectivity index (χ3n) is 4.77. The number of nitrogens with one attached hydrogen (secondary N) is 1. The quantitative estimate of drug-likeness (QED) is 0.614. The third-order valence-corrected chi connectivity index (χ3v) is 4.77. The molecule has 0 saturated carbocycles. The number of carbonyl (C=O) groups is 2. The number of hydrogen-bond donors (Lipinski definition) is 1. The summed E-state index contributed by atoms with van der Waals surface area (Å²) in [4.78, 5) is 27.1. The summed E-state index contributed by atoms with van der Waals surface area (Å²) in [7, 11) is 0. The van der Waals surface area contributed by atoms with E-state index in [9.17, 15) is 9.59 Å². The molecule has 152 valence electrons. The molecule has 3 aromatic rings. The molecule has 1 N–H and O–H groups in total. The molecule has 1 aromatic carbocycles. The lowest BCUT2D eigenvalue weighted by atomic mass is 10.1. The number of carbonyl (C=O) groups excluding carboxylic acids is 2. The number of furan rings is 2. The second-order valence-corrected chi connectivity index (χ2v) is 7.08. The Balaban J connectivity index is 1.66. The molecule has 0 radical (unpaired) electrons. The highest BCUT2D eigenvalue weighted by Gasteiger charge is 2.22. The topological polar surface area (TPSA) is 75.7 Å². The molecule has 0 bridgehead atoms. The molecule has 0 spiro atoms. The maximum Gasteiger partial charge on any atom is 0.257 e. The van der Waals surface area contributed by atoms with E-state index in [4.69, 9.17) is 8.83 Å². The summed E-state index contributed by atoms with van der Waals surface area (Å²) in [6.07, 6.45) is 1.76. The highest BCUT2D eigenvalue weighted by atomic mass is 16.3. The number of aryl methyl sites for hydroxylation is 2. The van der Waals surface area contributed by atoms with Crippen molar-refractivity contribution in [1.82, 2.24) is 10.2 Å². The molecule has 0 fully saturated rings. The van der Waals surface area contributed by atoms with Crippen molar-refractivity contribution in [3.63, 3.8) is 0 Å². The average Bonchev–Trinajstić information content (AvgIpc) is 3.34. The van der Waals surface area contributed by atoms with Gasteiger partial charge in [0.2, 0.25) is 5.91 Å². The van der Waals surface area contributed by atoms with E-state index >= 15 is 0 Å². The van der Waals surface area contributed by atoms with E-state index in [0.717, 1.165) is 5.56 Å². The van der Waals surface area contributed by atoms with E-state index in [1.165, 1.54) is 0 Å². The molecule has 1 atom stereocenters. The van der Waals surface area contributed by atoms with Gasteiger partial charge in [0.15, 0.2) is 0 Å². The summed E-state index contributed by atoms with van der Waals surface area (Å²) in [5.74, 6) is 1.62. The summed E-state index contributed by atoms with van der Waals surface area (Å²) in [6.45, 7) is 6.07. The van der Waals surface area contributed by atoms with Gasteiger partial charge >= 0.3 is 0 Å². The van der Waals surface area contributed by atoms with Crippen LogP contribution in [0.5, 0.6) is 0 Å². The van der Waals surface area contributed by atoms with Crippen molar-refractivity contribution in [2.45, 2.75) is 39.8 Å². The molecule has 0 saturated heterocycles. The van der Waals surface area contributed by atoms with Crippen LogP contribution in [0.25, 0.3) is 0 Å². The lowest BCUT2D eigenvalue weighted by molar-refractivity contribution is -0.122. The van der Waals surface area contributed by atoms with Gasteiger partial charge in [-0.05, 0) is 44.5 Å². The van der Waals surface area contributed by atoms with Crippen molar-refractivity contribution in [3.8, 4) is 0 Å². The Kier molecular flexibility index (Phi) is 6.54. The van der Waals surface area contributed by atoms with Gasteiger partial charge in [-0.25, -0.2) is 0 Å². The molecular weight excluding hydrogens is 368 g/mol. The molecule has 2 heterocycles. The zero-order chi connectivity index (χ0) is 20.8. The van der Waals surface area contributed by atoms with Gasteiger partial charge in [-0.2, -0.15) is 0 Å². The largest absolute Gasteiger partial charge is 0.467 e. The first-order valence-corrected chi connectivity index (χ1v) is 9.67. The Morgan fingerprint density at radius 3 is 2.48 bits per heavy atom. The predicted molar refractivity (Wildman–Crippen MR) is 109 cm³/mol. The van der Waals surface area contributed by atoms with E-state index in [2.05, 4.69) is 5.32 Å². The zero-order valence-electron chi connectivity index (χ0n) is 17.0. The van der Waals surface area contributed by atoms with Crippen LogP contribution in [0.15, 0.2) is 63.6 Å². The summed E-state index contributed by atoms with van der Waals surface area (Å²) < 4.78 is 10.9. The van der Waals surface area contributed by atoms with Gasteiger partial charge in [0.05, 0.1) is 24.4 Å². The molecule has 6 heteroatoms. The van der Waals surface area contributed by atoms with E-state index in [1.807, 2.05) is 43.3 Å². The van der Waals surface area contributed by atoms with Crippen LogP contribution in [0.3, 0.4) is 0 Å². The van der Waals surface area contributed by atoms with Crippen molar-refractivity contribution in [3.05, 3.63) is 83.2 Å². The fraction of sp³-hybridized carbons (Fsp3) is 0.304.